The molecule has 1 atom stereocenters. The van der Waals surface area contributed by atoms with Gasteiger partial charge in [0, 0.05) is 13.1 Å². The Kier molecular flexibility index (Phi) is 4.77. The van der Waals surface area contributed by atoms with E-state index in [-0.39, 0.29) is 29.7 Å². The second-order valence-corrected chi connectivity index (χ2v) is 5.00. The molecule has 6 heteroatoms. The topological polar surface area (TPSA) is 66.8 Å². The molecule has 1 fully saturated rings. The number of carbonyl (C=O) groups excluding carboxylic acids is 2. The molecule has 2 rings (SSSR count). The molecule has 114 valence electrons. The summed E-state index contributed by atoms with van der Waals surface area (Å²) in [5, 5.41) is 9.69. The Morgan fingerprint density at radius 1 is 1.48 bits per heavy atom. The number of esters is 1. The van der Waals surface area contributed by atoms with Gasteiger partial charge in [0.2, 0.25) is 0 Å². The van der Waals surface area contributed by atoms with E-state index in [0.717, 1.165) is 18.2 Å². The minimum Gasteiger partial charge on any atom is -0.507 e. The molecule has 1 N–H and O–H groups in total. The van der Waals surface area contributed by atoms with Gasteiger partial charge in [0.25, 0.3) is 5.91 Å². The molecule has 5 nitrogen and oxygen atoms in total. The molecule has 1 aromatic rings. The molecule has 0 aromatic heterocycles. The summed E-state index contributed by atoms with van der Waals surface area (Å²) >= 11 is 0. The lowest BCUT2D eigenvalue weighted by Crippen LogP contribution is -2.42. The summed E-state index contributed by atoms with van der Waals surface area (Å²) < 4.78 is 18.2. The van der Waals surface area contributed by atoms with Gasteiger partial charge in [0.15, 0.2) is 0 Å². The van der Waals surface area contributed by atoms with Gasteiger partial charge in [0.05, 0.1) is 18.1 Å². The largest absolute Gasteiger partial charge is 0.507 e. The van der Waals surface area contributed by atoms with Crippen LogP contribution in [0.2, 0.25) is 0 Å². The fourth-order valence-electron chi connectivity index (χ4n) is 2.46. The van der Waals surface area contributed by atoms with E-state index in [9.17, 15) is 19.1 Å². The predicted molar refractivity (Wildman–Crippen MR) is 73.3 cm³/mol. The second kappa shape index (κ2) is 6.56. The number of phenols is 1. The molecule has 1 amide bonds. The third-order valence-corrected chi connectivity index (χ3v) is 3.52. The molecule has 0 bridgehead atoms. The Balaban J connectivity index is 2.12. The molecular formula is C15H18FNO4. The van der Waals surface area contributed by atoms with Crippen molar-refractivity contribution in [1.29, 1.82) is 0 Å². The van der Waals surface area contributed by atoms with E-state index in [1.54, 1.807) is 6.92 Å². The average Bonchev–Trinajstić information content (AvgIpc) is 2.49. The van der Waals surface area contributed by atoms with E-state index >= 15 is 0 Å². The zero-order chi connectivity index (χ0) is 15.4. The first-order chi connectivity index (χ1) is 10.0. The van der Waals surface area contributed by atoms with Crippen LogP contribution >= 0.6 is 0 Å². The maximum absolute atomic E-state index is 13.2. The molecule has 0 saturated carbocycles. The number of nitrogens with zero attached hydrogens (tertiary/aromatic N) is 1. The van der Waals surface area contributed by atoms with Crippen LogP contribution < -0.4 is 0 Å². The zero-order valence-electron chi connectivity index (χ0n) is 11.8. The highest BCUT2D eigenvalue weighted by atomic mass is 19.1. The standard InChI is InChI=1S/C15H18FNO4/c1-2-21-15(20)10-4-3-7-17(9-10)14(19)12-8-11(16)5-6-13(12)18/h5-6,8,10,18H,2-4,7,9H2,1H3/t10-/m0/s1. The Morgan fingerprint density at radius 2 is 2.24 bits per heavy atom. The number of benzene rings is 1. The van der Waals surface area contributed by atoms with Crippen LogP contribution in [0.1, 0.15) is 30.1 Å². The fourth-order valence-corrected chi connectivity index (χ4v) is 2.46. The number of hydrogen-bond donors (Lipinski definition) is 1. The lowest BCUT2D eigenvalue weighted by Gasteiger charge is -2.31. The summed E-state index contributed by atoms with van der Waals surface area (Å²) in [4.78, 5) is 25.6. The molecule has 0 spiro atoms. The van der Waals surface area contributed by atoms with E-state index in [1.165, 1.54) is 4.90 Å². The van der Waals surface area contributed by atoms with E-state index < -0.39 is 11.7 Å². The monoisotopic (exact) mass is 295 g/mol. The first-order valence-corrected chi connectivity index (χ1v) is 6.97. The van der Waals surface area contributed by atoms with Crippen LogP contribution in [0.5, 0.6) is 5.75 Å². The minimum atomic E-state index is -0.588. The Morgan fingerprint density at radius 3 is 2.95 bits per heavy atom. The van der Waals surface area contributed by atoms with Gasteiger partial charge in [-0.05, 0) is 38.0 Å². The van der Waals surface area contributed by atoms with Crippen molar-refractivity contribution in [3.05, 3.63) is 29.6 Å². The van der Waals surface area contributed by atoms with Crippen LogP contribution in [0.25, 0.3) is 0 Å². The number of phenolic OH excluding ortho intramolecular Hbond substituents is 1. The smallest absolute Gasteiger partial charge is 0.310 e. The van der Waals surface area contributed by atoms with Crippen LogP contribution in [0.3, 0.4) is 0 Å². The normalized spacial score (nSPS) is 18.4. The fraction of sp³-hybridized carbons (Fsp3) is 0.467. The number of hydrogen-bond acceptors (Lipinski definition) is 4. The van der Waals surface area contributed by atoms with Crippen molar-refractivity contribution >= 4 is 11.9 Å². The van der Waals surface area contributed by atoms with Gasteiger partial charge in [-0.3, -0.25) is 9.59 Å². The lowest BCUT2D eigenvalue weighted by molar-refractivity contribution is -0.149. The summed E-state index contributed by atoms with van der Waals surface area (Å²) in [6.45, 7) is 2.74. The van der Waals surface area contributed by atoms with Crippen molar-refractivity contribution in [1.82, 2.24) is 4.90 Å². The van der Waals surface area contributed by atoms with Gasteiger partial charge in [-0.1, -0.05) is 0 Å². The summed E-state index contributed by atoms with van der Waals surface area (Å²) in [6.07, 6.45) is 1.34. The van der Waals surface area contributed by atoms with E-state index in [0.29, 0.717) is 26.0 Å². The first kappa shape index (κ1) is 15.3. The number of ether oxygens (including phenoxy) is 1. The van der Waals surface area contributed by atoms with E-state index in [1.807, 2.05) is 0 Å². The van der Waals surface area contributed by atoms with Crippen LogP contribution in [0.4, 0.5) is 4.39 Å². The van der Waals surface area contributed by atoms with Crippen molar-refractivity contribution in [2.45, 2.75) is 19.8 Å². The van der Waals surface area contributed by atoms with Crippen molar-refractivity contribution in [2.75, 3.05) is 19.7 Å². The molecule has 1 aliphatic heterocycles. The van der Waals surface area contributed by atoms with Gasteiger partial charge >= 0.3 is 5.97 Å². The van der Waals surface area contributed by atoms with Crippen molar-refractivity contribution in [3.63, 3.8) is 0 Å². The molecule has 1 saturated heterocycles. The number of carbonyl (C=O) groups is 2. The number of amides is 1. The highest BCUT2D eigenvalue weighted by Gasteiger charge is 2.30. The summed E-state index contributed by atoms with van der Waals surface area (Å²) in [7, 11) is 0. The number of aromatic hydroxyl groups is 1. The maximum Gasteiger partial charge on any atom is 0.310 e. The number of likely N-dealkylation sites (tertiary alicyclic amines) is 1. The van der Waals surface area contributed by atoms with Crippen molar-refractivity contribution in [2.24, 2.45) is 5.92 Å². The van der Waals surface area contributed by atoms with Gasteiger partial charge in [-0.2, -0.15) is 0 Å². The molecule has 21 heavy (non-hydrogen) atoms. The summed E-state index contributed by atoms with van der Waals surface area (Å²) in [5.41, 5.74) is -0.0838. The molecule has 0 radical (unpaired) electrons. The zero-order valence-corrected chi connectivity index (χ0v) is 11.8. The Labute approximate surface area is 122 Å². The number of rotatable bonds is 3. The maximum atomic E-state index is 13.2. The predicted octanol–water partition coefficient (Wildman–Crippen LogP) is 1.95. The van der Waals surface area contributed by atoms with Gasteiger partial charge in [0.1, 0.15) is 11.6 Å². The summed E-state index contributed by atoms with van der Waals surface area (Å²) in [6, 6.07) is 3.24. The lowest BCUT2D eigenvalue weighted by atomic mass is 9.97. The first-order valence-electron chi connectivity index (χ1n) is 6.97. The van der Waals surface area contributed by atoms with Gasteiger partial charge in [-0.25, -0.2) is 4.39 Å². The average molecular weight is 295 g/mol. The van der Waals surface area contributed by atoms with Gasteiger partial charge in [-0.15, -0.1) is 0 Å². The summed E-state index contributed by atoms with van der Waals surface area (Å²) in [5.74, 6) is -2.01. The third-order valence-electron chi connectivity index (χ3n) is 3.52. The molecule has 0 aliphatic carbocycles. The molecule has 1 aromatic carbocycles. The molecular weight excluding hydrogens is 277 g/mol. The minimum absolute atomic E-state index is 0.0838. The second-order valence-electron chi connectivity index (χ2n) is 5.00. The van der Waals surface area contributed by atoms with Crippen molar-refractivity contribution < 1.29 is 23.8 Å². The third kappa shape index (κ3) is 3.51. The molecule has 1 heterocycles. The molecule has 0 unspecified atom stereocenters. The van der Waals surface area contributed by atoms with Gasteiger partial charge < -0.3 is 14.7 Å². The highest BCUT2D eigenvalue weighted by Crippen LogP contribution is 2.24. The Bertz CT molecular complexity index is 546. The van der Waals surface area contributed by atoms with Crippen molar-refractivity contribution in [3.8, 4) is 5.75 Å². The highest BCUT2D eigenvalue weighted by molar-refractivity contribution is 5.97. The molecule has 1 aliphatic rings. The van der Waals surface area contributed by atoms with Crippen LogP contribution in [-0.2, 0) is 9.53 Å². The number of halogens is 1. The van der Waals surface area contributed by atoms with Crippen LogP contribution in [0.15, 0.2) is 18.2 Å². The van der Waals surface area contributed by atoms with Crippen LogP contribution in [0, 0.1) is 11.7 Å². The SMILES string of the molecule is CCOC(=O)[C@H]1CCCN(C(=O)c2cc(F)ccc2O)C1. The van der Waals surface area contributed by atoms with E-state index in [4.69, 9.17) is 4.74 Å². The Hall–Kier alpha value is -2.11. The number of piperidine rings is 1. The van der Waals surface area contributed by atoms with Crippen LogP contribution in [-0.4, -0.2) is 41.6 Å². The van der Waals surface area contributed by atoms with E-state index in [2.05, 4.69) is 0 Å². The quantitative estimate of drug-likeness (QED) is 0.865.